The van der Waals surface area contributed by atoms with Gasteiger partial charge in [-0.25, -0.2) is 0 Å². The Morgan fingerprint density at radius 3 is 2.90 bits per heavy atom. The van der Waals surface area contributed by atoms with Gasteiger partial charge in [0, 0.05) is 19.1 Å². The zero-order valence-corrected chi connectivity index (χ0v) is 12.6. The van der Waals surface area contributed by atoms with E-state index in [1.54, 1.807) is 0 Å². The summed E-state index contributed by atoms with van der Waals surface area (Å²) in [6.07, 6.45) is 4.48. The number of nitrogens with zero attached hydrogens (tertiary/aromatic N) is 4. The topological polar surface area (TPSA) is 116 Å². The average Bonchev–Trinajstić information content (AvgIpc) is 3.17. The SMILES string of the molecule is O=S(=O)(NCc1nn[nH]n1)N1CCCC(CNC2CC2)C1. The third-order valence-corrected chi connectivity index (χ3v) is 5.42. The van der Waals surface area contributed by atoms with Crippen LogP contribution in [0.5, 0.6) is 0 Å². The Morgan fingerprint density at radius 1 is 1.33 bits per heavy atom. The lowest BCUT2D eigenvalue weighted by Gasteiger charge is -2.32. The van der Waals surface area contributed by atoms with Crippen LogP contribution in [0.2, 0.25) is 0 Å². The molecule has 0 bridgehead atoms. The Morgan fingerprint density at radius 2 is 2.19 bits per heavy atom. The van der Waals surface area contributed by atoms with E-state index < -0.39 is 10.2 Å². The van der Waals surface area contributed by atoms with E-state index in [9.17, 15) is 8.42 Å². The normalized spacial score (nSPS) is 24.3. The number of aromatic amines is 1. The molecule has 10 heteroatoms. The Kier molecular flexibility index (Phi) is 4.48. The molecule has 0 aromatic carbocycles. The molecule has 0 spiro atoms. The third kappa shape index (κ3) is 4.19. The van der Waals surface area contributed by atoms with E-state index in [1.165, 1.54) is 17.1 Å². The number of tetrazole rings is 1. The minimum Gasteiger partial charge on any atom is -0.314 e. The average molecular weight is 315 g/mol. The molecule has 21 heavy (non-hydrogen) atoms. The van der Waals surface area contributed by atoms with Gasteiger partial charge in [0.1, 0.15) is 0 Å². The zero-order valence-electron chi connectivity index (χ0n) is 11.8. The second kappa shape index (κ2) is 6.34. The van der Waals surface area contributed by atoms with Crippen molar-refractivity contribution in [3.63, 3.8) is 0 Å². The van der Waals surface area contributed by atoms with Gasteiger partial charge in [0.05, 0.1) is 6.54 Å². The fraction of sp³-hybridized carbons (Fsp3) is 0.909. The van der Waals surface area contributed by atoms with E-state index in [0.29, 0.717) is 30.9 Å². The summed E-state index contributed by atoms with van der Waals surface area (Å²) in [4.78, 5) is 0. The van der Waals surface area contributed by atoms with E-state index in [0.717, 1.165) is 19.4 Å². The number of nitrogens with one attached hydrogen (secondary N) is 3. The molecule has 1 saturated heterocycles. The van der Waals surface area contributed by atoms with Gasteiger partial charge in [0.2, 0.25) is 0 Å². The van der Waals surface area contributed by atoms with Crippen molar-refractivity contribution in [1.29, 1.82) is 0 Å². The van der Waals surface area contributed by atoms with Gasteiger partial charge in [-0.1, -0.05) is 5.21 Å². The van der Waals surface area contributed by atoms with Gasteiger partial charge in [0.25, 0.3) is 10.2 Å². The molecule has 1 aromatic heterocycles. The number of rotatable bonds is 7. The first kappa shape index (κ1) is 14.8. The van der Waals surface area contributed by atoms with Gasteiger partial charge in [0.15, 0.2) is 5.82 Å². The van der Waals surface area contributed by atoms with Crippen LogP contribution in [0.1, 0.15) is 31.5 Å². The van der Waals surface area contributed by atoms with Gasteiger partial charge >= 0.3 is 0 Å². The molecule has 3 rings (SSSR count). The molecule has 1 unspecified atom stereocenters. The number of piperidine rings is 1. The molecule has 118 valence electrons. The van der Waals surface area contributed by atoms with Gasteiger partial charge in [-0.15, -0.1) is 10.2 Å². The predicted octanol–water partition coefficient (Wildman–Crippen LogP) is -1.00. The maximum Gasteiger partial charge on any atom is 0.279 e. The third-order valence-electron chi connectivity index (χ3n) is 3.90. The minimum absolute atomic E-state index is 0.0559. The quantitative estimate of drug-likeness (QED) is 0.594. The molecule has 0 amide bonds. The van der Waals surface area contributed by atoms with Crippen molar-refractivity contribution in [2.24, 2.45) is 5.92 Å². The van der Waals surface area contributed by atoms with Crippen molar-refractivity contribution in [3.8, 4) is 0 Å². The van der Waals surface area contributed by atoms with Crippen LogP contribution in [-0.4, -0.2) is 59.0 Å². The summed E-state index contributed by atoms with van der Waals surface area (Å²) in [7, 11) is -3.48. The summed E-state index contributed by atoms with van der Waals surface area (Å²) in [5.41, 5.74) is 0. The second-order valence-corrected chi connectivity index (χ2v) is 7.46. The van der Waals surface area contributed by atoms with Crippen molar-refractivity contribution in [3.05, 3.63) is 5.82 Å². The maximum atomic E-state index is 12.3. The molecule has 1 atom stereocenters. The molecule has 2 heterocycles. The molecule has 9 nitrogen and oxygen atoms in total. The lowest BCUT2D eigenvalue weighted by Crippen LogP contribution is -2.47. The molecule has 3 N–H and O–H groups in total. The standard InChI is InChI=1S/C11H21N7O2S/c19-21(20,13-7-11-14-16-17-15-11)18-5-1-2-9(8-18)6-12-10-3-4-10/h9-10,12-13H,1-8H2,(H,14,15,16,17). The molecule has 1 aromatic rings. The summed E-state index contributed by atoms with van der Waals surface area (Å²) in [6, 6.07) is 0.661. The smallest absolute Gasteiger partial charge is 0.279 e. The molecule has 1 aliphatic heterocycles. The first-order valence-corrected chi connectivity index (χ1v) is 8.78. The van der Waals surface area contributed by atoms with Crippen molar-refractivity contribution < 1.29 is 8.42 Å². The van der Waals surface area contributed by atoms with Crippen LogP contribution in [0.3, 0.4) is 0 Å². The highest BCUT2D eigenvalue weighted by molar-refractivity contribution is 7.87. The Bertz CT molecular complexity index is 543. The largest absolute Gasteiger partial charge is 0.314 e. The van der Waals surface area contributed by atoms with Gasteiger partial charge < -0.3 is 5.32 Å². The van der Waals surface area contributed by atoms with Crippen LogP contribution < -0.4 is 10.0 Å². The monoisotopic (exact) mass is 315 g/mol. The number of hydrogen-bond acceptors (Lipinski definition) is 6. The van der Waals surface area contributed by atoms with E-state index in [4.69, 9.17) is 0 Å². The Hall–Kier alpha value is -1.10. The van der Waals surface area contributed by atoms with E-state index in [2.05, 4.69) is 30.7 Å². The van der Waals surface area contributed by atoms with Crippen molar-refractivity contribution in [2.75, 3.05) is 19.6 Å². The maximum absolute atomic E-state index is 12.3. The first-order chi connectivity index (χ1) is 10.1. The second-order valence-electron chi connectivity index (χ2n) is 5.70. The van der Waals surface area contributed by atoms with Gasteiger partial charge in [-0.2, -0.15) is 22.7 Å². The molecule has 2 fully saturated rings. The fourth-order valence-electron chi connectivity index (χ4n) is 2.54. The highest BCUT2D eigenvalue weighted by Crippen LogP contribution is 2.22. The molecule has 1 saturated carbocycles. The lowest BCUT2D eigenvalue weighted by molar-refractivity contribution is 0.257. The van der Waals surface area contributed by atoms with Crippen LogP contribution in [0.15, 0.2) is 0 Å². The molecular weight excluding hydrogens is 294 g/mol. The summed E-state index contributed by atoms with van der Waals surface area (Å²) < 4.78 is 28.6. The van der Waals surface area contributed by atoms with Crippen LogP contribution in [0.4, 0.5) is 0 Å². The number of H-pyrrole nitrogens is 1. The number of hydrogen-bond donors (Lipinski definition) is 3. The summed E-state index contributed by atoms with van der Waals surface area (Å²) in [6.45, 7) is 2.10. The minimum atomic E-state index is -3.48. The highest BCUT2D eigenvalue weighted by atomic mass is 32.2. The van der Waals surface area contributed by atoms with Crippen molar-refractivity contribution >= 4 is 10.2 Å². The van der Waals surface area contributed by atoms with Crippen molar-refractivity contribution in [2.45, 2.75) is 38.3 Å². The Labute approximate surface area is 124 Å². The molecule has 2 aliphatic rings. The Balaban J connectivity index is 1.50. The van der Waals surface area contributed by atoms with Crippen LogP contribution in [0.25, 0.3) is 0 Å². The summed E-state index contributed by atoms with van der Waals surface area (Å²) in [5, 5.41) is 16.6. The van der Waals surface area contributed by atoms with Gasteiger partial charge in [-0.3, -0.25) is 0 Å². The number of aromatic nitrogens is 4. The molecular formula is C11H21N7O2S. The zero-order chi connectivity index (χ0) is 14.7. The van der Waals surface area contributed by atoms with Crippen molar-refractivity contribution in [1.82, 2.24) is 35.0 Å². The predicted molar refractivity (Wildman–Crippen MR) is 75.3 cm³/mol. The molecule has 0 radical (unpaired) electrons. The van der Waals surface area contributed by atoms with E-state index in [1.807, 2.05) is 0 Å². The van der Waals surface area contributed by atoms with E-state index in [-0.39, 0.29) is 6.54 Å². The summed E-state index contributed by atoms with van der Waals surface area (Å²) >= 11 is 0. The fourth-order valence-corrected chi connectivity index (χ4v) is 3.81. The summed E-state index contributed by atoms with van der Waals surface area (Å²) in [5.74, 6) is 0.726. The van der Waals surface area contributed by atoms with Crippen LogP contribution in [-0.2, 0) is 16.8 Å². The van der Waals surface area contributed by atoms with Gasteiger partial charge in [-0.05, 0) is 38.1 Å². The van der Waals surface area contributed by atoms with Crippen LogP contribution in [0, 0.1) is 5.92 Å². The molecule has 1 aliphatic carbocycles. The lowest BCUT2D eigenvalue weighted by atomic mass is 10.00. The highest BCUT2D eigenvalue weighted by Gasteiger charge is 2.30. The van der Waals surface area contributed by atoms with Crippen LogP contribution >= 0.6 is 0 Å². The first-order valence-electron chi connectivity index (χ1n) is 7.34. The van der Waals surface area contributed by atoms with E-state index >= 15 is 0 Å².